The largest absolute Gasteiger partial charge is 0.497 e. The average Bonchev–Trinajstić information content (AvgIpc) is 2.56. The molecule has 0 spiro atoms. The number of nitrogens with one attached hydrogen (secondary N) is 2. The van der Waals surface area contributed by atoms with Crippen molar-refractivity contribution in [2.24, 2.45) is 0 Å². The first kappa shape index (κ1) is 17.5. The Morgan fingerprint density at radius 3 is 2.46 bits per heavy atom. The zero-order chi connectivity index (χ0) is 17.7. The molecule has 0 aromatic heterocycles. The van der Waals surface area contributed by atoms with Crippen LogP contribution in [0.5, 0.6) is 11.5 Å². The predicted molar refractivity (Wildman–Crippen MR) is 86.5 cm³/mol. The van der Waals surface area contributed by atoms with E-state index in [-0.39, 0.29) is 5.69 Å². The summed E-state index contributed by atoms with van der Waals surface area (Å²) in [4.78, 5) is 12.0. The van der Waals surface area contributed by atoms with Crippen LogP contribution in [0.15, 0.2) is 36.4 Å². The summed E-state index contributed by atoms with van der Waals surface area (Å²) in [6.07, 6.45) is 0. The highest BCUT2D eigenvalue weighted by molar-refractivity contribution is 5.89. The Morgan fingerprint density at radius 2 is 1.83 bits per heavy atom. The molecule has 7 heteroatoms. The Kier molecular flexibility index (Phi) is 5.57. The van der Waals surface area contributed by atoms with Gasteiger partial charge in [-0.3, -0.25) is 0 Å². The number of carbonyl (C=O) groups excluding carboxylic acids is 1. The van der Waals surface area contributed by atoms with Gasteiger partial charge in [-0.15, -0.1) is 0 Å². The number of amides is 2. The van der Waals surface area contributed by atoms with Gasteiger partial charge in [-0.2, -0.15) is 0 Å². The van der Waals surface area contributed by atoms with Crippen LogP contribution in [-0.4, -0.2) is 20.3 Å². The van der Waals surface area contributed by atoms with Gasteiger partial charge in [0.25, 0.3) is 0 Å². The molecule has 0 radical (unpaired) electrons. The van der Waals surface area contributed by atoms with E-state index < -0.39 is 23.7 Å². The summed E-state index contributed by atoms with van der Waals surface area (Å²) >= 11 is 0. The number of hydrogen-bond donors (Lipinski definition) is 2. The Balaban J connectivity index is 2.11. The summed E-state index contributed by atoms with van der Waals surface area (Å²) in [6.45, 7) is 1.75. The molecular formula is C17H18F2N2O3. The molecule has 2 N–H and O–H groups in total. The van der Waals surface area contributed by atoms with Crippen molar-refractivity contribution in [2.45, 2.75) is 13.0 Å². The standard InChI is InChI=1S/C17H18F2N2O3/c1-10(13-9-12(23-2)5-7-16(13)24-3)20-17(22)21-15-6-4-11(18)8-14(15)19/h4-10H,1-3H3,(H2,20,21,22)/t10-/m1/s1. The first-order valence-electron chi connectivity index (χ1n) is 7.19. The lowest BCUT2D eigenvalue weighted by Crippen LogP contribution is -2.31. The van der Waals surface area contributed by atoms with E-state index in [1.165, 1.54) is 14.2 Å². The van der Waals surface area contributed by atoms with Gasteiger partial charge in [0.15, 0.2) is 0 Å². The molecule has 128 valence electrons. The first-order valence-corrected chi connectivity index (χ1v) is 7.19. The van der Waals surface area contributed by atoms with Crippen molar-refractivity contribution in [2.75, 3.05) is 19.5 Å². The zero-order valence-electron chi connectivity index (χ0n) is 13.5. The Labute approximate surface area is 138 Å². The topological polar surface area (TPSA) is 59.6 Å². The van der Waals surface area contributed by atoms with Gasteiger partial charge >= 0.3 is 6.03 Å². The minimum atomic E-state index is -0.850. The number of rotatable bonds is 5. The molecule has 0 aliphatic carbocycles. The quantitative estimate of drug-likeness (QED) is 0.871. The molecule has 2 aromatic carbocycles. The highest BCUT2D eigenvalue weighted by Gasteiger charge is 2.16. The number of methoxy groups -OCH3 is 2. The average molecular weight is 336 g/mol. The van der Waals surface area contributed by atoms with Crippen molar-refractivity contribution in [1.29, 1.82) is 0 Å². The van der Waals surface area contributed by atoms with Crippen molar-refractivity contribution >= 4 is 11.7 Å². The van der Waals surface area contributed by atoms with Gasteiger partial charge in [0, 0.05) is 11.6 Å². The van der Waals surface area contributed by atoms with Gasteiger partial charge in [-0.25, -0.2) is 13.6 Å². The lowest BCUT2D eigenvalue weighted by Gasteiger charge is -2.18. The second-order valence-electron chi connectivity index (χ2n) is 5.05. The SMILES string of the molecule is COc1ccc(OC)c([C@@H](C)NC(=O)Nc2ccc(F)cc2F)c1. The van der Waals surface area contributed by atoms with Gasteiger partial charge in [0.2, 0.25) is 0 Å². The monoisotopic (exact) mass is 336 g/mol. The summed E-state index contributed by atoms with van der Waals surface area (Å²) in [7, 11) is 3.06. The van der Waals surface area contributed by atoms with Crippen LogP contribution < -0.4 is 20.1 Å². The highest BCUT2D eigenvalue weighted by Crippen LogP contribution is 2.29. The van der Waals surface area contributed by atoms with E-state index in [0.717, 1.165) is 12.1 Å². The summed E-state index contributed by atoms with van der Waals surface area (Å²) in [6, 6.07) is 7.06. The zero-order valence-corrected chi connectivity index (χ0v) is 13.5. The van der Waals surface area contributed by atoms with Crippen LogP contribution in [0.25, 0.3) is 0 Å². The number of halogens is 2. The molecule has 0 fully saturated rings. The summed E-state index contributed by atoms with van der Waals surface area (Å²) in [5.74, 6) is -0.370. The number of anilines is 1. The van der Waals surface area contributed by atoms with Crippen LogP contribution in [0.4, 0.5) is 19.3 Å². The van der Waals surface area contributed by atoms with E-state index in [9.17, 15) is 13.6 Å². The minimum Gasteiger partial charge on any atom is -0.497 e. The van der Waals surface area contributed by atoms with Crippen molar-refractivity contribution in [3.63, 3.8) is 0 Å². The van der Waals surface area contributed by atoms with Crippen LogP contribution in [0.2, 0.25) is 0 Å². The second-order valence-corrected chi connectivity index (χ2v) is 5.05. The third kappa shape index (κ3) is 4.13. The van der Waals surface area contributed by atoms with Gasteiger partial charge in [0.1, 0.15) is 23.1 Å². The van der Waals surface area contributed by atoms with Crippen molar-refractivity contribution in [1.82, 2.24) is 5.32 Å². The maximum Gasteiger partial charge on any atom is 0.319 e. The summed E-state index contributed by atoms with van der Waals surface area (Å²) in [5.41, 5.74) is 0.588. The predicted octanol–water partition coefficient (Wildman–Crippen LogP) is 3.86. The van der Waals surface area contributed by atoms with Crippen LogP contribution in [0.1, 0.15) is 18.5 Å². The molecule has 24 heavy (non-hydrogen) atoms. The molecule has 2 aromatic rings. The Bertz CT molecular complexity index is 738. The van der Waals surface area contributed by atoms with Crippen LogP contribution in [0.3, 0.4) is 0 Å². The maximum absolute atomic E-state index is 13.6. The van der Waals surface area contributed by atoms with Crippen molar-refractivity contribution in [3.05, 3.63) is 53.6 Å². The fraction of sp³-hybridized carbons (Fsp3) is 0.235. The smallest absolute Gasteiger partial charge is 0.319 e. The molecule has 0 aliphatic heterocycles. The van der Waals surface area contributed by atoms with Crippen LogP contribution >= 0.6 is 0 Å². The molecule has 2 rings (SSSR count). The van der Waals surface area contributed by atoms with E-state index in [2.05, 4.69) is 10.6 Å². The fourth-order valence-electron chi connectivity index (χ4n) is 2.20. The molecule has 0 heterocycles. The lowest BCUT2D eigenvalue weighted by atomic mass is 10.1. The number of carbonyl (C=O) groups is 1. The molecule has 2 amide bonds. The van der Waals surface area contributed by atoms with Crippen molar-refractivity contribution < 1.29 is 23.0 Å². The minimum absolute atomic E-state index is 0.112. The second kappa shape index (κ2) is 7.63. The molecular weight excluding hydrogens is 318 g/mol. The normalized spacial score (nSPS) is 11.5. The van der Waals surface area contributed by atoms with Crippen LogP contribution in [-0.2, 0) is 0 Å². The van der Waals surface area contributed by atoms with E-state index in [1.807, 2.05) is 0 Å². The molecule has 0 aliphatic rings. The van der Waals surface area contributed by atoms with Gasteiger partial charge in [-0.1, -0.05) is 0 Å². The molecule has 1 atom stereocenters. The third-order valence-corrected chi connectivity index (χ3v) is 3.43. The number of hydrogen-bond acceptors (Lipinski definition) is 3. The molecule has 5 nitrogen and oxygen atoms in total. The maximum atomic E-state index is 13.6. The van der Waals surface area contributed by atoms with Gasteiger partial charge in [-0.05, 0) is 37.3 Å². The lowest BCUT2D eigenvalue weighted by molar-refractivity contribution is 0.249. The van der Waals surface area contributed by atoms with Gasteiger partial charge in [0.05, 0.1) is 25.9 Å². The molecule has 0 unspecified atom stereocenters. The third-order valence-electron chi connectivity index (χ3n) is 3.43. The Morgan fingerprint density at radius 1 is 1.08 bits per heavy atom. The van der Waals surface area contributed by atoms with E-state index in [0.29, 0.717) is 23.1 Å². The first-order chi connectivity index (χ1) is 11.4. The number of benzene rings is 2. The summed E-state index contributed by atoms with van der Waals surface area (Å²) in [5, 5.41) is 5.01. The van der Waals surface area contributed by atoms with Crippen molar-refractivity contribution in [3.8, 4) is 11.5 Å². The molecule has 0 bridgehead atoms. The van der Waals surface area contributed by atoms with E-state index in [4.69, 9.17) is 9.47 Å². The number of ether oxygens (including phenoxy) is 2. The van der Waals surface area contributed by atoms with Crippen LogP contribution in [0, 0.1) is 11.6 Å². The molecule has 0 saturated heterocycles. The van der Waals surface area contributed by atoms with E-state index in [1.54, 1.807) is 25.1 Å². The van der Waals surface area contributed by atoms with Gasteiger partial charge < -0.3 is 20.1 Å². The summed E-state index contributed by atoms with van der Waals surface area (Å²) < 4.78 is 36.9. The Hall–Kier alpha value is -2.83. The highest BCUT2D eigenvalue weighted by atomic mass is 19.1. The van der Waals surface area contributed by atoms with E-state index >= 15 is 0 Å². The molecule has 0 saturated carbocycles. The number of urea groups is 1. The fourth-order valence-corrected chi connectivity index (χ4v) is 2.20.